The van der Waals surface area contributed by atoms with Gasteiger partial charge >= 0.3 is 5.97 Å². The van der Waals surface area contributed by atoms with Gasteiger partial charge in [-0.15, -0.1) is 21.5 Å². The Labute approximate surface area is 152 Å². The quantitative estimate of drug-likeness (QED) is 0.609. The first kappa shape index (κ1) is 17.4. The molecule has 8 nitrogen and oxygen atoms in total. The number of carbonyl (C=O) groups excluding carboxylic acids is 2. The minimum absolute atomic E-state index is 0.264. The molecule has 0 N–H and O–H groups in total. The van der Waals surface area contributed by atoms with Crippen molar-refractivity contribution in [2.75, 3.05) is 6.61 Å². The molecule has 0 saturated carbocycles. The maximum atomic E-state index is 12.2. The Hall–Kier alpha value is -3.38. The van der Waals surface area contributed by atoms with Crippen molar-refractivity contribution in [2.45, 2.75) is 12.8 Å². The van der Waals surface area contributed by atoms with Crippen LogP contribution in [-0.4, -0.2) is 33.5 Å². The van der Waals surface area contributed by atoms with Crippen LogP contribution in [0, 0.1) is 18.3 Å². The molecule has 0 bridgehead atoms. The molecule has 1 atom stereocenters. The number of esters is 1. The van der Waals surface area contributed by atoms with Crippen LogP contribution in [0.5, 0.6) is 0 Å². The molecule has 0 spiro atoms. The Morgan fingerprint density at radius 3 is 2.69 bits per heavy atom. The maximum Gasteiger partial charge on any atom is 0.338 e. The van der Waals surface area contributed by atoms with E-state index < -0.39 is 24.3 Å². The van der Waals surface area contributed by atoms with Gasteiger partial charge in [0.2, 0.25) is 12.3 Å². The number of nitriles is 1. The SMILES string of the molecule is Cc1csc([C@H](C#N)C(=O)COC(=O)c2ccc(-c3nnco3)cc2)n1. The highest BCUT2D eigenvalue weighted by Gasteiger charge is 2.24. The van der Waals surface area contributed by atoms with Gasteiger partial charge in [0.15, 0.2) is 18.3 Å². The fourth-order valence-corrected chi connectivity index (χ4v) is 2.98. The monoisotopic (exact) mass is 368 g/mol. The van der Waals surface area contributed by atoms with Gasteiger partial charge in [0.1, 0.15) is 5.01 Å². The second kappa shape index (κ2) is 7.67. The van der Waals surface area contributed by atoms with E-state index in [4.69, 9.17) is 9.15 Å². The number of ketones is 1. The molecule has 1 aromatic carbocycles. The number of ether oxygens (including phenoxy) is 1. The summed E-state index contributed by atoms with van der Waals surface area (Å²) < 4.78 is 10.1. The number of benzene rings is 1. The van der Waals surface area contributed by atoms with E-state index in [2.05, 4.69) is 15.2 Å². The lowest BCUT2D eigenvalue weighted by Crippen LogP contribution is -2.19. The summed E-state index contributed by atoms with van der Waals surface area (Å²) in [6.07, 6.45) is 1.21. The van der Waals surface area contributed by atoms with Crippen LogP contribution in [0.3, 0.4) is 0 Å². The summed E-state index contributed by atoms with van der Waals surface area (Å²) in [4.78, 5) is 28.4. The molecule has 3 rings (SSSR count). The van der Waals surface area contributed by atoms with E-state index in [1.54, 1.807) is 24.4 Å². The summed E-state index contributed by atoms with van der Waals surface area (Å²) in [6, 6.07) is 8.21. The minimum atomic E-state index is -1.04. The third-order valence-corrected chi connectivity index (χ3v) is 4.44. The first-order valence-corrected chi connectivity index (χ1v) is 8.34. The van der Waals surface area contributed by atoms with E-state index in [0.29, 0.717) is 16.5 Å². The van der Waals surface area contributed by atoms with Crippen LogP contribution in [0.25, 0.3) is 11.5 Å². The topological polar surface area (TPSA) is 119 Å². The van der Waals surface area contributed by atoms with Crippen molar-refractivity contribution in [3.05, 3.63) is 52.3 Å². The van der Waals surface area contributed by atoms with Crippen molar-refractivity contribution in [2.24, 2.45) is 0 Å². The van der Waals surface area contributed by atoms with Gasteiger partial charge in [-0.3, -0.25) is 4.79 Å². The first-order valence-electron chi connectivity index (χ1n) is 7.46. The smallest absolute Gasteiger partial charge is 0.338 e. The predicted molar refractivity (Wildman–Crippen MR) is 90.2 cm³/mol. The third-order valence-electron chi connectivity index (χ3n) is 3.41. The average molecular weight is 368 g/mol. The number of Topliss-reactive ketones (excluding diaryl/α,β-unsaturated/α-hetero) is 1. The largest absolute Gasteiger partial charge is 0.454 e. The number of rotatable bonds is 6. The molecule has 0 saturated heterocycles. The lowest BCUT2D eigenvalue weighted by Gasteiger charge is -2.07. The molecule has 0 fully saturated rings. The highest BCUT2D eigenvalue weighted by molar-refractivity contribution is 7.09. The van der Waals surface area contributed by atoms with Crippen molar-refractivity contribution < 1.29 is 18.7 Å². The van der Waals surface area contributed by atoms with Crippen LogP contribution < -0.4 is 0 Å². The number of thiazole rings is 1. The minimum Gasteiger partial charge on any atom is -0.454 e. The van der Waals surface area contributed by atoms with Crippen LogP contribution >= 0.6 is 11.3 Å². The normalized spacial score (nSPS) is 11.5. The fourth-order valence-electron chi connectivity index (χ4n) is 2.12. The van der Waals surface area contributed by atoms with Gasteiger partial charge in [0, 0.05) is 16.6 Å². The van der Waals surface area contributed by atoms with Gasteiger partial charge in [-0.25, -0.2) is 9.78 Å². The van der Waals surface area contributed by atoms with Crippen LogP contribution in [0.1, 0.15) is 27.0 Å². The van der Waals surface area contributed by atoms with E-state index in [1.165, 1.54) is 29.9 Å². The molecule has 0 aliphatic heterocycles. The van der Waals surface area contributed by atoms with Crippen LogP contribution in [0.2, 0.25) is 0 Å². The van der Waals surface area contributed by atoms with Crippen LogP contribution in [0.15, 0.2) is 40.5 Å². The summed E-state index contributed by atoms with van der Waals surface area (Å²) in [6.45, 7) is 1.28. The molecule has 9 heteroatoms. The zero-order valence-electron chi connectivity index (χ0n) is 13.6. The summed E-state index contributed by atoms with van der Waals surface area (Å²) >= 11 is 1.23. The van der Waals surface area contributed by atoms with Crippen molar-refractivity contribution >= 4 is 23.1 Å². The lowest BCUT2D eigenvalue weighted by atomic mass is 10.1. The molecule has 2 aromatic heterocycles. The van der Waals surface area contributed by atoms with E-state index in [1.807, 2.05) is 6.07 Å². The van der Waals surface area contributed by atoms with Crippen LogP contribution in [0.4, 0.5) is 0 Å². The Morgan fingerprint density at radius 2 is 2.12 bits per heavy atom. The van der Waals surface area contributed by atoms with E-state index in [9.17, 15) is 14.9 Å². The number of hydrogen-bond acceptors (Lipinski definition) is 9. The predicted octanol–water partition coefficient (Wildman–Crippen LogP) is 2.53. The van der Waals surface area contributed by atoms with E-state index >= 15 is 0 Å². The Kier molecular flexibility index (Phi) is 5.15. The van der Waals surface area contributed by atoms with Gasteiger partial charge in [0.05, 0.1) is 11.6 Å². The Morgan fingerprint density at radius 1 is 1.35 bits per heavy atom. The molecule has 2 heterocycles. The Bertz CT molecular complexity index is 958. The summed E-state index contributed by atoms with van der Waals surface area (Å²) in [5.74, 6) is -1.89. The molecule has 130 valence electrons. The van der Waals surface area contributed by atoms with Crippen molar-refractivity contribution in [3.63, 3.8) is 0 Å². The Balaban J connectivity index is 1.61. The number of carbonyl (C=O) groups is 2. The second-order valence-electron chi connectivity index (χ2n) is 5.25. The van der Waals surface area contributed by atoms with E-state index in [-0.39, 0.29) is 5.56 Å². The number of nitrogens with zero attached hydrogens (tertiary/aromatic N) is 4. The molecular formula is C17H12N4O4S. The average Bonchev–Trinajstić information content (AvgIpc) is 3.32. The molecule has 0 aliphatic carbocycles. The van der Waals surface area contributed by atoms with Gasteiger partial charge < -0.3 is 9.15 Å². The lowest BCUT2D eigenvalue weighted by molar-refractivity contribution is -0.122. The van der Waals surface area contributed by atoms with Crippen LogP contribution in [-0.2, 0) is 9.53 Å². The number of aryl methyl sites for hydroxylation is 1. The summed E-state index contributed by atoms with van der Waals surface area (Å²) in [7, 11) is 0. The summed E-state index contributed by atoms with van der Waals surface area (Å²) in [5.41, 5.74) is 1.65. The van der Waals surface area contributed by atoms with Gasteiger partial charge in [0.25, 0.3) is 0 Å². The second-order valence-corrected chi connectivity index (χ2v) is 6.14. The molecule has 26 heavy (non-hydrogen) atoms. The zero-order chi connectivity index (χ0) is 18.5. The molecule has 0 unspecified atom stereocenters. The van der Waals surface area contributed by atoms with Gasteiger partial charge in [-0.2, -0.15) is 5.26 Å². The highest BCUT2D eigenvalue weighted by atomic mass is 32.1. The molecule has 0 aliphatic rings. The molecule has 0 radical (unpaired) electrons. The van der Waals surface area contributed by atoms with E-state index in [0.717, 1.165) is 5.69 Å². The molecule has 0 amide bonds. The molecular weight excluding hydrogens is 356 g/mol. The van der Waals surface area contributed by atoms with Crippen molar-refractivity contribution in [1.29, 1.82) is 5.26 Å². The first-order chi connectivity index (χ1) is 12.6. The number of aromatic nitrogens is 3. The highest BCUT2D eigenvalue weighted by Crippen LogP contribution is 2.21. The van der Waals surface area contributed by atoms with Gasteiger partial charge in [-0.05, 0) is 31.2 Å². The van der Waals surface area contributed by atoms with Gasteiger partial charge in [-0.1, -0.05) is 0 Å². The number of hydrogen-bond donors (Lipinski definition) is 0. The summed E-state index contributed by atoms with van der Waals surface area (Å²) in [5, 5.41) is 18.7. The fraction of sp³-hybridized carbons (Fsp3) is 0.176. The standard InChI is InChI=1S/C17H12N4O4S/c1-10-8-26-16(20-10)13(6-18)14(22)7-24-17(23)12-4-2-11(3-5-12)15-21-19-9-25-15/h2-5,8-9,13H,7H2,1H3/t13-/m1/s1. The zero-order valence-corrected chi connectivity index (χ0v) is 14.4. The van der Waals surface area contributed by atoms with Crippen molar-refractivity contribution in [3.8, 4) is 17.5 Å². The van der Waals surface area contributed by atoms with Crippen molar-refractivity contribution in [1.82, 2.24) is 15.2 Å². The third kappa shape index (κ3) is 3.81. The molecule has 3 aromatic rings. The maximum absolute atomic E-state index is 12.2.